The van der Waals surface area contributed by atoms with Crippen LogP contribution in [0, 0.1) is 5.92 Å². The molecule has 0 amide bonds. The van der Waals surface area contributed by atoms with E-state index >= 15 is 0 Å². The minimum Gasteiger partial charge on any atom is -0.491 e. The highest BCUT2D eigenvalue weighted by Gasteiger charge is 2.21. The summed E-state index contributed by atoms with van der Waals surface area (Å²) in [5, 5.41) is 11.3. The van der Waals surface area contributed by atoms with Gasteiger partial charge in [-0.3, -0.25) is 0 Å². The van der Waals surface area contributed by atoms with Crippen LogP contribution in [0.3, 0.4) is 0 Å². The molecular formula is C28H32ClNO2. The first-order valence-electron chi connectivity index (χ1n) is 11.5. The van der Waals surface area contributed by atoms with Crippen LogP contribution in [0.2, 0.25) is 5.02 Å². The van der Waals surface area contributed by atoms with Gasteiger partial charge >= 0.3 is 0 Å². The van der Waals surface area contributed by atoms with Gasteiger partial charge in [-0.2, -0.15) is 0 Å². The topological polar surface area (TPSA) is 32.7 Å². The number of nitrogens with zero attached hydrogens (tertiary/aromatic N) is 1. The third-order valence-corrected chi connectivity index (χ3v) is 6.47. The first kappa shape index (κ1) is 22.8. The van der Waals surface area contributed by atoms with Crippen molar-refractivity contribution in [3.05, 3.63) is 101 Å². The smallest absolute Gasteiger partial charge is 0.123 e. The van der Waals surface area contributed by atoms with Crippen LogP contribution in [0.25, 0.3) is 0 Å². The molecule has 1 saturated heterocycles. The molecule has 1 aliphatic rings. The van der Waals surface area contributed by atoms with Crippen molar-refractivity contribution in [3.8, 4) is 5.75 Å². The van der Waals surface area contributed by atoms with Crippen LogP contribution < -0.4 is 4.74 Å². The van der Waals surface area contributed by atoms with Crippen molar-refractivity contribution in [1.29, 1.82) is 0 Å². The molecule has 4 rings (SSSR count). The molecule has 0 radical (unpaired) electrons. The molecule has 3 aromatic carbocycles. The number of rotatable bonds is 9. The van der Waals surface area contributed by atoms with E-state index in [0.717, 1.165) is 43.2 Å². The molecule has 1 aliphatic heterocycles. The van der Waals surface area contributed by atoms with Gasteiger partial charge in [0.25, 0.3) is 0 Å². The predicted molar refractivity (Wildman–Crippen MR) is 132 cm³/mol. The minimum atomic E-state index is -0.513. The Morgan fingerprint density at radius 3 is 2.25 bits per heavy atom. The zero-order valence-corrected chi connectivity index (χ0v) is 19.3. The number of aliphatic hydroxyl groups excluding tert-OH is 1. The highest BCUT2D eigenvalue weighted by Crippen LogP contribution is 2.26. The van der Waals surface area contributed by atoms with Crippen LogP contribution in [0.1, 0.15) is 29.5 Å². The summed E-state index contributed by atoms with van der Waals surface area (Å²) < 4.78 is 6.03. The van der Waals surface area contributed by atoms with Gasteiger partial charge in [0.15, 0.2) is 0 Å². The number of β-amino-alcohol motifs (C(OH)–C–C–N with tert-alkyl or cyclic N) is 1. The number of piperidine rings is 1. The summed E-state index contributed by atoms with van der Waals surface area (Å²) in [5.41, 5.74) is 3.67. The van der Waals surface area contributed by atoms with Crippen molar-refractivity contribution < 1.29 is 9.84 Å². The van der Waals surface area contributed by atoms with E-state index in [2.05, 4.69) is 47.4 Å². The Morgan fingerprint density at radius 2 is 1.56 bits per heavy atom. The third kappa shape index (κ3) is 6.83. The number of ether oxygens (including phenoxy) is 1. The van der Waals surface area contributed by atoms with E-state index in [1.165, 1.54) is 24.0 Å². The van der Waals surface area contributed by atoms with Gasteiger partial charge < -0.3 is 14.7 Å². The van der Waals surface area contributed by atoms with Crippen LogP contribution in [-0.4, -0.2) is 42.4 Å². The fourth-order valence-electron chi connectivity index (χ4n) is 4.50. The van der Waals surface area contributed by atoms with E-state index in [1.54, 1.807) is 0 Å². The number of aliphatic hydroxyl groups is 1. The quantitative estimate of drug-likeness (QED) is 0.459. The van der Waals surface area contributed by atoms with Crippen LogP contribution >= 0.6 is 11.6 Å². The normalized spacial score (nSPS) is 16.1. The average Bonchev–Trinajstić information content (AvgIpc) is 2.81. The van der Waals surface area contributed by atoms with Crippen molar-refractivity contribution in [1.82, 2.24) is 4.90 Å². The van der Waals surface area contributed by atoms with Crippen molar-refractivity contribution in [2.75, 3.05) is 26.2 Å². The second kappa shape index (κ2) is 11.5. The fourth-order valence-corrected chi connectivity index (χ4v) is 4.69. The molecule has 0 spiro atoms. The highest BCUT2D eigenvalue weighted by molar-refractivity contribution is 6.30. The van der Waals surface area contributed by atoms with Gasteiger partial charge in [-0.05, 0) is 73.2 Å². The first-order chi connectivity index (χ1) is 15.7. The monoisotopic (exact) mass is 449 g/mol. The van der Waals surface area contributed by atoms with Crippen LogP contribution in [-0.2, 0) is 12.8 Å². The molecule has 1 unspecified atom stereocenters. The standard InChI is InChI=1S/C28H32ClNO2/c29-26-11-12-28(25(19-26)18-23-9-5-2-6-10-23)32-21-27(31)20-30-15-13-24(14-16-30)17-22-7-3-1-4-8-22/h1-12,19,24,27,31H,13-18,20-21H2. The lowest BCUT2D eigenvalue weighted by molar-refractivity contribution is 0.0548. The Bertz CT molecular complexity index is 956. The molecular weight excluding hydrogens is 418 g/mol. The Labute approximate surface area is 196 Å². The summed E-state index contributed by atoms with van der Waals surface area (Å²) in [6, 6.07) is 26.7. The molecule has 1 fully saturated rings. The lowest BCUT2D eigenvalue weighted by Gasteiger charge is -2.33. The molecule has 0 bridgehead atoms. The molecule has 168 valence electrons. The van der Waals surface area contributed by atoms with Gasteiger partial charge in [-0.15, -0.1) is 0 Å². The largest absolute Gasteiger partial charge is 0.491 e. The van der Waals surface area contributed by atoms with Gasteiger partial charge in [-0.1, -0.05) is 72.3 Å². The molecule has 32 heavy (non-hydrogen) atoms. The summed E-state index contributed by atoms with van der Waals surface area (Å²) in [7, 11) is 0. The number of likely N-dealkylation sites (tertiary alicyclic amines) is 1. The molecule has 1 N–H and O–H groups in total. The van der Waals surface area contributed by atoms with E-state index in [1.807, 2.05) is 36.4 Å². The average molecular weight is 450 g/mol. The molecule has 0 saturated carbocycles. The van der Waals surface area contributed by atoms with Gasteiger partial charge in [-0.25, -0.2) is 0 Å². The Morgan fingerprint density at radius 1 is 0.906 bits per heavy atom. The van der Waals surface area contributed by atoms with E-state index in [9.17, 15) is 5.11 Å². The summed E-state index contributed by atoms with van der Waals surface area (Å²) in [6.07, 6.45) is 3.76. The first-order valence-corrected chi connectivity index (χ1v) is 11.9. The molecule has 3 aromatic rings. The van der Waals surface area contributed by atoms with Gasteiger partial charge in [0.2, 0.25) is 0 Å². The SMILES string of the molecule is OC(COc1ccc(Cl)cc1Cc1ccccc1)CN1CCC(Cc2ccccc2)CC1. The zero-order chi connectivity index (χ0) is 22.2. The minimum absolute atomic E-state index is 0.285. The Hall–Kier alpha value is -2.33. The molecule has 0 aliphatic carbocycles. The number of benzene rings is 3. The summed E-state index contributed by atoms with van der Waals surface area (Å²) >= 11 is 6.23. The van der Waals surface area contributed by atoms with E-state index in [0.29, 0.717) is 11.6 Å². The molecule has 0 aromatic heterocycles. The lowest BCUT2D eigenvalue weighted by Crippen LogP contribution is -2.41. The molecule has 4 heteroatoms. The zero-order valence-electron chi connectivity index (χ0n) is 18.5. The van der Waals surface area contributed by atoms with E-state index in [-0.39, 0.29) is 6.61 Å². The summed E-state index contributed by atoms with van der Waals surface area (Å²) in [4.78, 5) is 2.36. The second-order valence-corrected chi connectivity index (χ2v) is 9.25. The van der Waals surface area contributed by atoms with Crippen molar-refractivity contribution in [3.63, 3.8) is 0 Å². The maximum atomic E-state index is 10.6. The number of hydrogen-bond donors (Lipinski definition) is 1. The second-order valence-electron chi connectivity index (χ2n) is 8.81. The van der Waals surface area contributed by atoms with Gasteiger partial charge in [0, 0.05) is 18.0 Å². The molecule has 1 atom stereocenters. The van der Waals surface area contributed by atoms with Gasteiger partial charge in [0.05, 0.1) is 0 Å². The number of halogens is 1. The predicted octanol–water partition coefficient (Wildman–Crippen LogP) is 5.63. The van der Waals surface area contributed by atoms with Crippen LogP contribution in [0.5, 0.6) is 5.75 Å². The van der Waals surface area contributed by atoms with Crippen molar-refractivity contribution >= 4 is 11.6 Å². The Balaban J connectivity index is 1.24. The van der Waals surface area contributed by atoms with Crippen molar-refractivity contribution in [2.45, 2.75) is 31.8 Å². The van der Waals surface area contributed by atoms with Crippen LogP contribution in [0.15, 0.2) is 78.9 Å². The Kier molecular flexibility index (Phi) is 8.22. The van der Waals surface area contributed by atoms with E-state index < -0.39 is 6.10 Å². The fraction of sp³-hybridized carbons (Fsp3) is 0.357. The van der Waals surface area contributed by atoms with Crippen molar-refractivity contribution in [2.24, 2.45) is 5.92 Å². The van der Waals surface area contributed by atoms with Crippen LogP contribution in [0.4, 0.5) is 0 Å². The van der Waals surface area contributed by atoms with Gasteiger partial charge in [0.1, 0.15) is 18.5 Å². The summed E-state index contributed by atoms with van der Waals surface area (Å²) in [6.45, 7) is 3.01. The number of hydrogen-bond acceptors (Lipinski definition) is 3. The maximum absolute atomic E-state index is 10.6. The molecule has 3 nitrogen and oxygen atoms in total. The summed E-state index contributed by atoms with van der Waals surface area (Å²) in [5.74, 6) is 1.52. The molecule has 1 heterocycles. The van der Waals surface area contributed by atoms with E-state index in [4.69, 9.17) is 16.3 Å². The highest BCUT2D eigenvalue weighted by atomic mass is 35.5. The maximum Gasteiger partial charge on any atom is 0.123 e. The lowest BCUT2D eigenvalue weighted by atomic mass is 9.90. The third-order valence-electron chi connectivity index (χ3n) is 6.23.